The van der Waals surface area contributed by atoms with Crippen LogP contribution in [-0.4, -0.2) is 24.7 Å². The van der Waals surface area contributed by atoms with Gasteiger partial charge in [-0.1, -0.05) is 25.1 Å². The van der Waals surface area contributed by atoms with Gasteiger partial charge in [0.1, 0.15) is 11.8 Å². The molecule has 0 radical (unpaired) electrons. The van der Waals surface area contributed by atoms with E-state index in [9.17, 15) is 9.36 Å². The maximum Gasteiger partial charge on any atom is 0.391 e. The molecule has 0 aliphatic rings. The normalized spacial score (nSPS) is 15.1. The molecule has 0 saturated carbocycles. The van der Waals surface area contributed by atoms with Crippen molar-refractivity contribution in [2.24, 2.45) is 0 Å². The minimum Gasteiger partial charge on any atom is -0.462 e. The molecule has 0 aliphatic carbocycles. The topological polar surface area (TPSA) is 76.7 Å². The van der Waals surface area contributed by atoms with Gasteiger partial charge in [-0.05, 0) is 39.3 Å². The zero-order valence-electron chi connectivity index (χ0n) is 13.5. The minimum absolute atomic E-state index is 0.227. The first-order chi connectivity index (χ1) is 10.4. The Kier molecular flexibility index (Phi) is 7.59. The van der Waals surface area contributed by atoms with Crippen molar-refractivity contribution < 1.29 is 18.6 Å². The fourth-order valence-electron chi connectivity index (χ4n) is 1.64. The van der Waals surface area contributed by atoms with Crippen LogP contribution < -0.4 is 14.7 Å². The molecule has 1 aromatic rings. The van der Waals surface area contributed by atoms with E-state index in [4.69, 9.17) is 9.26 Å². The third kappa shape index (κ3) is 6.60. The summed E-state index contributed by atoms with van der Waals surface area (Å²) >= 11 is 0. The van der Waals surface area contributed by atoms with Gasteiger partial charge in [0.05, 0.1) is 6.10 Å². The Labute approximate surface area is 132 Å². The van der Waals surface area contributed by atoms with Crippen LogP contribution in [0.5, 0.6) is 5.75 Å². The Balaban J connectivity index is 2.78. The minimum atomic E-state index is -3.41. The fraction of sp³-hybridized carbons (Fsp3) is 0.533. The van der Waals surface area contributed by atoms with Crippen molar-refractivity contribution in [3.63, 3.8) is 0 Å². The Morgan fingerprint density at radius 3 is 2.41 bits per heavy atom. The lowest BCUT2D eigenvalue weighted by molar-refractivity contribution is -0.149. The lowest BCUT2D eigenvalue weighted by atomic mass is 10.3. The van der Waals surface area contributed by atoms with Crippen LogP contribution >= 0.6 is 7.67 Å². The molecule has 0 aliphatic heterocycles. The lowest BCUT2D eigenvalue weighted by Gasteiger charge is -2.24. The summed E-state index contributed by atoms with van der Waals surface area (Å²) in [5, 5.41) is 5.58. The third-order valence-electron chi connectivity index (χ3n) is 2.62. The van der Waals surface area contributed by atoms with Gasteiger partial charge in [0, 0.05) is 6.54 Å². The lowest BCUT2D eigenvalue weighted by Crippen LogP contribution is -2.39. The smallest absolute Gasteiger partial charge is 0.391 e. The molecule has 0 saturated heterocycles. The largest absolute Gasteiger partial charge is 0.462 e. The number of carbonyl (C=O) groups excluding carboxylic acids is 1. The van der Waals surface area contributed by atoms with Crippen molar-refractivity contribution in [1.82, 2.24) is 10.2 Å². The summed E-state index contributed by atoms with van der Waals surface area (Å²) in [6.45, 7) is 7.58. The van der Waals surface area contributed by atoms with E-state index in [0.717, 1.165) is 6.42 Å². The van der Waals surface area contributed by atoms with Crippen LogP contribution in [0.4, 0.5) is 0 Å². The highest BCUT2D eigenvalue weighted by molar-refractivity contribution is 7.55. The summed E-state index contributed by atoms with van der Waals surface area (Å²) in [5.41, 5.74) is 0. The number of esters is 1. The Bertz CT molecular complexity index is 508. The van der Waals surface area contributed by atoms with Crippen LogP contribution in [0.3, 0.4) is 0 Å². The highest BCUT2D eigenvalue weighted by atomic mass is 31.2. The fourth-order valence-corrected chi connectivity index (χ4v) is 3.40. The van der Waals surface area contributed by atoms with Crippen LogP contribution in [0, 0.1) is 0 Å². The molecule has 2 atom stereocenters. The molecule has 0 heterocycles. The number of benzene rings is 1. The van der Waals surface area contributed by atoms with Crippen LogP contribution in [0.2, 0.25) is 0 Å². The third-order valence-corrected chi connectivity index (χ3v) is 4.45. The molecule has 22 heavy (non-hydrogen) atoms. The Morgan fingerprint density at radius 2 is 1.86 bits per heavy atom. The average Bonchev–Trinajstić information content (AvgIpc) is 2.45. The van der Waals surface area contributed by atoms with E-state index in [1.807, 2.05) is 13.0 Å². The molecule has 0 fully saturated rings. The van der Waals surface area contributed by atoms with Gasteiger partial charge in [-0.15, -0.1) is 0 Å². The van der Waals surface area contributed by atoms with E-state index >= 15 is 0 Å². The number of para-hydroxylation sites is 1. The van der Waals surface area contributed by atoms with Crippen LogP contribution in [0.1, 0.15) is 34.1 Å². The van der Waals surface area contributed by atoms with Crippen LogP contribution in [0.25, 0.3) is 0 Å². The van der Waals surface area contributed by atoms with Crippen molar-refractivity contribution >= 4 is 13.6 Å². The summed E-state index contributed by atoms with van der Waals surface area (Å²) in [6, 6.07) is 8.08. The van der Waals surface area contributed by atoms with E-state index in [1.54, 1.807) is 45.0 Å². The standard InChI is InChI=1S/C15H25N2O4P/c1-5-11-16-22(19,21-14-9-7-6-8-10-14)17-13(4)15(18)20-12(2)3/h6-10,12-13H,5,11H2,1-4H3,(H2,16,17,19)/t13-,22?/m0/s1. The number of hydrogen-bond acceptors (Lipinski definition) is 4. The van der Waals surface area contributed by atoms with E-state index < -0.39 is 19.7 Å². The molecule has 0 amide bonds. The molecule has 1 unspecified atom stereocenters. The second kappa shape index (κ2) is 8.93. The zero-order chi connectivity index (χ0) is 16.6. The first-order valence-electron chi connectivity index (χ1n) is 7.44. The molecule has 0 bridgehead atoms. The summed E-state index contributed by atoms with van der Waals surface area (Å²) in [4.78, 5) is 11.9. The van der Waals surface area contributed by atoms with Gasteiger partial charge in [0.15, 0.2) is 0 Å². The van der Waals surface area contributed by atoms with Crippen molar-refractivity contribution in [2.45, 2.75) is 46.3 Å². The van der Waals surface area contributed by atoms with Crippen molar-refractivity contribution in [1.29, 1.82) is 0 Å². The second-order valence-electron chi connectivity index (χ2n) is 5.20. The number of rotatable bonds is 9. The first-order valence-corrected chi connectivity index (χ1v) is 9.07. The predicted molar refractivity (Wildman–Crippen MR) is 86.8 cm³/mol. The Hall–Kier alpha value is -1.36. The van der Waals surface area contributed by atoms with Gasteiger partial charge in [-0.3, -0.25) is 4.79 Å². The monoisotopic (exact) mass is 328 g/mol. The summed E-state index contributed by atoms with van der Waals surface area (Å²) in [5.74, 6) is -0.00320. The predicted octanol–water partition coefficient (Wildman–Crippen LogP) is 3.10. The summed E-state index contributed by atoms with van der Waals surface area (Å²) < 4.78 is 23.6. The maximum absolute atomic E-state index is 12.9. The van der Waals surface area contributed by atoms with Crippen molar-refractivity contribution in [3.8, 4) is 5.75 Å². The molecule has 0 aromatic heterocycles. The van der Waals surface area contributed by atoms with Crippen LogP contribution in [0.15, 0.2) is 30.3 Å². The SMILES string of the molecule is CCCNP(=O)(N[C@@H](C)C(=O)OC(C)C)Oc1ccccc1. The number of nitrogens with one attached hydrogen (secondary N) is 2. The second-order valence-corrected chi connectivity index (χ2v) is 7.06. The molecular weight excluding hydrogens is 303 g/mol. The molecule has 0 spiro atoms. The molecule has 2 N–H and O–H groups in total. The first kappa shape index (κ1) is 18.7. The molecule has 6 nitrogen and oxygen atoms in total. The summed E-state index contributed by atoms with van der Waals surface area (Å²) in [6.07, 6.45) is 0.559. The number of carbonyl (C=O) groups is 1. The highest BCUT2D eigenvalue weighted by Crippen LogP contribution is 2.39. The molecule has 1 aromatic carbocycles. The van der Waals surface area contributed by atoms with Crippen molar-refractivity contribution in [3.05, 3.63) is 30.3 Å². The molecule has 124 valence electrons. The molecule has 1 rings (SSSR count). The quantitative estimate of drug-likeness (QED) is 0.536. The van der Waals surface area contributed by atoms with E-state index in [0.29, 0.717) is 12.3 Å². The Morgan fingerprint density at radius 1 is 1.23 bits per heavy atom. The zero-order valence-corrected chi connectivity index (χ0v) is 14.4. The molecular formula is C15H25N2O4P. The molecule has 7 heteroatoms. The number of hydrogen-bond donors (Lipinski definition) is 2. The number of ether oxygens (including phenoxy) is 1. The van der Waals surface area contributed by atoms with E-state index in [1.165, 1.54) is 0 Å². The van der Waals surface area contributed by atoms with Gasteiger partial charge >= 0.3 is 13.6 Å². The van der Waals surface area contributed by atoms with Gasteiger partial charge < -0.3 is 9.26 Å². The van der Waals surface area contributed by atoms with E-state index in [-0.39, 0.29) is 6.10 Å². The van der Waals surface area contributed by atoms with Crippen LogP contribution in [-0.2, 0) is 14.1 Å². The van der Waals surface area contributed by atoms with Gasteiger partial charge in [-0.2, -0.15) is 0 Å². The van der Waals surface area contributed by atoms with Crippen molar-refractivity contribution in [2.75, 3.05) is 6.54 Å². The maximum atomic E-state index is 12.9. The highest BCUT2D eigenvalue weighted by Gasteiger charge is 2.30. The van der Waals surface area contributed by atoms with Gasteiger partial charge in [-0.25, -0.2) is 14.7 Å². The van der Waals surface area contributed by atoms with E-state index in [2.05, 4.69) is 10.2 Å². The van der Waals surface area contributed by atoms with Gasteiger partial charge in [0.25, 0.3) is 0 Å². The summed E-state index contributed by atoms with van der Waals surface area (Å²) in [7, 11) is -3.41. The van der Waals surface area contributed by atoms with Gasteiger partial charge in [0.2, 0.25) is 0 Å². The average molecular weight is 328 g/mol.